The van der Waals surface area contributed by atoms with Crippen LogP contribution in [0.4, 0.5) is 0 Å². The van der Waals surface area contributed by atoms with Gasteiger partial charge in [0.2, 0.25) is 0 Å². The molecule has 0 atom stereocenters. The van der Waals surface area contributed by atoms with Crippen LogP contribution in [0.3, 0.4) is 0 Å². The van der Waals surface area contributed by atoms with E-state index in [0.717, 1.165) is 47.5 Å². The molecule has 1 saturated heterocycles. The minimum Gasteiger partial charge on any atom is -0.379 e. The summed E-state index contributed by atoms with van der Waals surface area (Å²) in [6.07, 6.45) is 0. The molecule has 5 nitrogen and oxygen atoms in total. The first-order chi connectivity index (χ1) is 12.3. The van der Waals surface area contributed by atoms with Crippen LogP contribution in [0.15, 0.2) is 41.3 Å². The van der Waals surface area contributed by atoms with Gasteiger partial charge >= 0.3 is 10.1 Å². The Hall–Kier alpha value is -1.16. The van der Waals surface area contributed by atoms with E-state index >= 15 is 0 Å². The highest BCUT2D eigenvalue weighted by Gasteiger charge is 2.19. The van der Waals surface area contributed by atoms with Gasteiger partial charge in [-0.1, -0.05) is 6.07 Å². The maximum absolute atomic E-state index is 12.5. The normalized spacial score (nSPS) is 15.8. The van der Waals surface area contributed by atoms with Gasteiger partial charge in [-0.25, -0.2) is 0 Å². The van der Waals surface area contributed by atoms with Gasteiger partial charge in [0.05, 0.1) is 13.2 Å². The molecule has 0 aromatic heterocycles. The van der Waals surface area contributed by atoms with Crippen LogP contribution < -0.4 is 4.18 Å². The van der Waals surface area contributed by atoms with Gasteiger partial charge in [0.1, 0.15) is 10.6 Å². The first-order valence-corrected chi connectivity index (χ1v) is 10.9. The molecule has 0 unspecified atom stereocenters. The number of hydrogen-bond acceptors (Lipinski definition) is 5. The minimum absolute atomic E-state index is 0.160. The Morgan fingerprint density at radius 2 is 1.73 bits per heavy atom. The summed E-state index contributed by atoms with van der Waals surface area (Å²) in [6.45, 7) is 8.04. The molecule has 0 radical (unpaired) electrons. The van der Waals surface area contributed by atoms with Crippen LogP contribution in [0.5, 0.6) is 5.75 Å². The highest BCUT2D eigenvalue weighted by Crippen LogP contribution is 2.27. The van der Waals surface area contributed by atoms with Gasteiger partial charge in [-0.2, -0.15) is 8.42 Å². The van der Waals surface area contributed by atoms with E-state index in [1.807, 2.05) is 26.0 Å². The van der Waals surface area contributed by atoms with Crippen molar-refractivity contribution in [3.63, 3.8) is 0 Å². The summed E-state index contributed by atoms with van der Waals surface area (Å²) in [7, 11) is -3.84. The number of aryl methyl sites for hydroxylation is 2. The molecule has 1 fully saturated rings. The quantitative estimate of drug-likeness (QED) is 0.478. The predicted octanol–water partition coefficient (Wildman–Crippen LogP) is 3.51. The van der Waals surface area contributed by atoms with E-state index in [1.165, 1.54) is 5.56 Å². The van der Waals surface area contributed by atoms with Crippen molar-refractivity contribution < 1.29 is 17.3 Å². The summed E-state index contributed by atoms with van der Waals surface area (Å²) < 4.78 is 36.8. The SMILES string of the molecule is Cc1cc(OS(=O)(=O)c2ccc(I)cc2)c(C)cc1CN1CCOCC1. The fourth-order valence-corrected chi connectivity index (χ4v) is 4.22. The molecule has 0 spiro atoms. The Bertz CT molecular complexity index is 875. The van der Waals surface area contributed by atoms with Crippen LogP contribution in [0.25, 0.3) is 0 Å². The van der Waals surface area contributed by atoms with E-state index in [4.69, 9.17) is 8.92 Å². The fraction of sp³-hybridized carbons (Fsp3) is 0.368. The van der Waals surface area contributed by atoms with Crippen molar-refractivity contribution in [3.05, 3.63) is 56.7 Å². The zero-order valence-corrected chi connectivity index (χ0v) is 17.8. The summed E-state index contributed by atoms with van der Waals surface area (Å²) in [5.74, 6) is 0.381. The second-order valence-electron chi connectivity index (χ2n) is 6.42. The zero-order chi connectivity index (χ0) is 18.7. The van der Waals surface area contributed by atoms with Crippen LogP contribution in [0.2, 0.25) is 0 Å². The van der Waals surface area contributed by atoms with E-state index in [9.17, 15) is 8.42 Å². The van der Waals surface area contributed by atoms with E-state index in [0.29, 0.717) is 5.75 Å². The number of halogens is 1. The van der Waals surface area contributed by atoms with E-state index in [2.05, 4.69) is 27.5 Å². The van der Waals surface area contributed by atoms with Gasteiger partial charge < -0.3 is 8.92 Å². The van der Waals surface area contributed by atoms with Gasteiger partial charge in [-0.3, -0.25) is 4.90 Å². The van der Waals surface area contributed by atoms with Crippen LogP contribution in [0, 0.1) is 17.4 Å². The largest absolute Gasteiger partial charge is 0.379 e. The summed E-state index contributed by atoms with van der Waals surface area (Å²) in [6, 6.07) is 10.5. The van der Waals surface area contributed by atoms with Crippen LogP contribution >= 0.6 is 22.6 Å². The first kappa shape index (κ1) is 19.6. The van der Waals surface area contributed by atoms with Crippen molar-refractivity contribution in [1.29, 1.82) is 0 Å². The molecule has 0 aliphatic carbocycles. The summed E-state index contributed by atoms with van der Waals surface area (Å²) in [5.41, 5.74) is 3.02. The molecular formula is C19H22INO4S. The van der Waals surface area contributed by atoms with Crippen LogP contribution in [0.1, 0.15) is 16.7 Å². The maximum atomic E-state index is 12.5. The third kappa shape index (κ3) is 4.76. The zero-order valence-electron chi connectivity index (χ0n) is 14.9. The Balaban J connectivity index is 1.80. The average Bonchev–Trinajstić information content (AvgIpc) is 2.60. The standard InChI is InChI=1S/C19H22INO4S/c1-14-12-19(25-26(22,23)18-5-3-17(20)4-6-18)15(2)11-16(14)13-21-7-9-24-10-8-21/h3-6,11-12H,7-10,13H2,1-2H3. The van der Waals surface area contributed by atoms with Gasteiger partial charge in [0.15, 0.2) is 0 Å². The molecule has 1 heterocycles. The molecule has 0 N–H and O–H groups in total. The maximum Gasteiger partial charge on any atom is 0.339 e. The Morgan fingerprint density at radius 3 is 2.38 bits per heavy atom. The predicted molar refractivity (Wildman–Crippen MR) is 109 cm³/mol. The van der Waals surface area contributed by atoms with Crippen molar-refractivity contribution in [2.75, 3.05) is 26.3 Å². The molecule has 0 bridgehead atoms. The second-order valence-corrected chi connectivity index (χ2v) is 9.22. The molecule has 1 aliphatic heterocycles. The average molecular weight is 487 g/mol. The molecular weight excluding hydrogens is 465 g/mol. The number of nitrogens with zero attached hydrogens (tertiary/aromatic N) is 1. The molecule has 0 saturated carbocycles. The third-order valence-electron chi connectivity index (χ3n) is 4.43. The summed E-state index contributed by atoms with van der Waals surface area (Å²) in [4.78, 5) is 2.50. The number of benzene rings is 2. The van der Waals surface area contributed by atoms with Crippen molar-refractivity contribution in [1.82, 2.24) is 4.90 Å². The van der Waals surface area contributed by atoms with Gasteiger partial charge in [0.25, 0.3) is 0 Å². The number of hydrogen-bond donors (Lipinski definition) is 0. The van der Waals surface area contributed by atoms with Crippen molar-refractivity contribution >= 4 is 32.7 Å². The van der Waals surface area contributed by atoms with Gasteiger partial charge in [-0.05, 0) is 83.5 Å². The molecule has 7 heteroatoms. The molecule has 2 aromatic carbocycles. The Morgan fingerprint density at radius 1 is 1.08 bits per heavy atom. The van der Waals surface area contributed by atoms with E-state index < -0.39 is 10.1 Å². The lowest BCUT2D eigenvalue weighted by atomic mass is 10.0. The second kappa shape index (κ2) is 8.24. The Kier molecular flexibility index (Phi) is 6.21. The lowest BCUT2D eigenvalue weighted by Gasteiger charge is -2.27. The van der Waals surface area contributed by atoms with Crippen molar-refractivity contribution in [2.45, 2.75) is 25.3 Å². The molecule has 140 valence electrons. The van der Waals surface area contributed by atoms with E-state index in [1.54, 1.807) is 24.3 Å². The smallest absolute Gasteiger partial charge is 0.339 e. The van der Waals surface area contributed by atoms with Crippen molar-refractivity contribution in [3.8, 4) is 5.75 Å². The number of rotatable bonds is 5. The lowest BCUT2D eigenvalue weighted by molar-refractivity contribution is 0.0341. The minimum atomic E-state index is -3.84. The monoisotopic (exact) mass is 487 g/mol. The van der Waals surface area contributed by atoms with Gasteiger partial charge in [0, 0.05) is 23.2 Å². The van der Waals surface area contributed by atoms with Crippen LogP contribution in [-0.4, -0.2) is 39.6 Å². The fourth-order valence-electron chi connectivity index (χ4n) is 2.88. The highest BCUT2D eigenvalue weighted by atomic mass is 127. The van der Waals surface area contributed by atoms with Crippen molar-refractivity contribution in [2.24, 2.45) is 0 Å². The molecule has 1 aliphatic rings. The molecule has 26 heavy (non-hydrogen) atoms. The topological polar surface area (TPSA) is 55.8 Å². The van der Waals surface area contributed by atoms with Crippen LogP contribution in [-0.2, 0) is 21.4 Å². The summed E-state index contributed by atoms with van der Waals surface area (Å²) >= 11 is 2.14. The number of morpholine rings is 1. The third-order valence-corrected chi connectivity index (χ3v) is 6.40. The molecule has 3 rings (SSSR count). The lowest BCUT2D eigenvalue weighted by Crippen LogP contribution is -2.35. The first-order valence-electron chi connectivity index (χ1n) is 8.45. The number of ether oxygens (including phenoxy) is 1. The molecule has 0 amide bonds. The molecule has 2 aromatic rings. The Labute approximate surface area is 168 Å². The highest BCUT2D eigenvalue weighted by molar-refractivity contribution is 14.1. The van der Waals surface area contributed by atoms with E-state index in [-0.39, 0.29) is 4.90 Å². The summed E-state index contributed by atoms with van der Waals surface area (Å²) in [5, 5.41) is 0. The van der Waals surface area contributed by atoms with Gasteiger partial charge in [-0.15, -0.1) is 0 Å².